The molecule has 0 atom stereocenters. The van der Waals surface area contributed by atoms with E-state index in [0.29, 0.717) is 29.5 Å². The maximum absolute atomic E-state index is 6.29. The van der Waals surface area contributed by atoms with Gasteiger partial charge in [-0.1, -0.05) is 39.3 Å². The lowest BCUT2D eigenvalue weighted by molar-refractivity contribution is 0.386. The first-order valence-corrected chi connectivity index (χ1v) is 9.83. The number of benzene rings is 2. The Hall–Kier alpha value is -3.79. The van der Waals surface area contributed by atoms with Gasteiger partial charge in [-0.2, -0.15) is 10.1 Å². The lowest BCUT2D eigenvalue weighted by Gasteiger charge is -2.04. The summed E-state index contributed by atoms with van der Waals surface area (Å²) in [5.74, 6) is 1.35. The minimum atomic E-state index is 0.407. The first-order chi connectivity index (χ1) is 14.7. The monoisotopic (exact) mass is 462 g/mol. The lowest BCUT2D eigenvalue weighted by Crippen LogP contribution is -2.02. The van der Waals surface area contributed by atoms with Crippen LogP contribution >= 0.6 is 15.9 Å². The SMILES string of the molecule is Nc1c(-c2noc(Cc3ccc(-n4cnnc4)cc3)n2)cnn1-c1cccc(Br)c1. The van der Waals surface area contributed by atoms with Crippen LogP contribution in [0.3, 0.4) is 0 Å². The van der Waals surface area contributed by atoms with Crippen LogP contribution in [-0.4, -0.2) is 34.7 Å². The molecule has 0 aliphatic rings. The van der Waals surface area contributed by atoms with Crippen LogP contribution in [0.25, 0.3) is 22.8 Å². The minimum Gasteiger partial charge on any atom is -0.383 e. The van der Waals surface area contributed by atoms with Gasteiger partial charge in [0.2, 0.25) is 11.7 Å². The number of nitrogens with zero attached hydrogens (tertiary/aromatic N) is 7. The molecule has 0 amide bonds. The Labute approximate surface area is 179 Å². The van der Waals surface area contributed by atoms with Gasteiger partial charge in [0.1, 0.15) is 18.5 Å². The Kier molecular flexibility index (Phi) is 4.60. The topological polar surface area (TPSA) is 113 Å². The number of halogens is 1. The molecule has 30 heavy (non-hydrogen) atoms. The van der Waals surface area contributed by atoms with E-state index in [2.05, 4.69) is 41.4 Å². The van der Waals surface area contributed by atoms with Crippen LogP contribution in [0, 0.1) is 0 Å². The molecule has 0 spiro atoms. The Morgan fingerprint density at radius 1 is 1.00 bits per heavy atom. The molecule has 2 aromatic carbocycles. The van der Waals surface area contributed by atoms with Gasteiger partial charge in [-0.15, -0.1) is 10.2 Å². The van der Waals surface area contributed by atoms with Gasteiger partial charge in [0.25, 0.3) is 0 Å². The molecule has 0 unspecified atom stereocenters. The maximum atomic E-state index is 6.29. The quantitative estimate of drug-likeness (QED) is 0.425. The smallest absolute Gasteiger partial charge is 0.231 e. The van der Waals surface area contributed by atoms with E-state index in [9.17, 15) is 0 Å². The van der Waals surface area contributed by atoms with Crippen molar-refractivity contribution in [3.05, 3.63) is 83.3 Å². The van der Waals surface area contributed by atoms with Crippen LogP contribution < -0.4 is 5.73 Å². The van der Waals surface area contributed by atoms with Crippen molar-refractivity contribution < 1.29 is 4.52 Å². The zero-order chi connectivity index (χ0) is 20.5. The molecule has 10 heteroatoms. The molecule has 0 saturated carbocycles. The molecule has 0 saturated heterocycles. The number of rotatable bonds is 5. The summed E-state index contributed by atoms with van der Waals surface area (Å²) in [6.45, 7) is 0. The number of nitrogens with two attached hydrogens (primary N) is 1. The third-order valence-electron chi connectivity index (χ3n) is 4.58. The van der Waals surface area contributed by atoms with E-state index in [1.54, 1.807) is 23.5 Å². The van der Waals surface area contributed by atoms with Crippen LogP contribution in [-0.2, 0) is 6.42 Å². The second-order valence-corrected chi connectivity index (χ2v) is 7.47. The fourth-order valence-corrected chi connectivity index (χ4v) is 3.46. The van der Waals surface area contributed by atoms with Gasteiger partial charge in [0.15, 0.2) is 0 Å². The lowest BCUT2D eigenvalue weighted by atomic mass is 10.1. The molecule has 2 N–H and O–H groups in total. The third-order valence-corrected chi connectivity index (χ3v) is 5.07. The molecule has 3 heterocycles. The highest BCUT2D eigenvalue weighted by atomic mass is 79.9. The largest absolute Gasteiger partial charge is 0.383 e. The summed E-state index contributed by atoms with van der Waals surface area (Å²) in [7, 11) is 0. The standard InChI is InChI=1S/C20H15BrN8O/c21-14-2-1-3-16(9-14)29-19(22)17(10-25-29)20-26-18(30-27-20)8-13-4-6-15(7-5-13)28-11-23-24-12-28/h1-7,9-12H,8,22H2. The highest BCUT2D eigenvalue weighted by Gasteiger charge is 2.17. The van der Waals surface area contributed by atoms with E-state index in [4.69, 9.17) is 10.3 Å². The fourth-order valence-electron chi connectivity index (χ4n) is 3.07. The molecule has 0 bridgehead atoms. The highest BCUT2D eigenvalue weighted by Crippen LogP contribution is 2.27. The Morgan fingerprint density at radius 2 is 1.80 bits per heavy atom. The third kappa shape index (κ3) is 3.48. The van der Waals surface area contributed by atoms with Crippen LogP contribution in [0.15, 0.2) is 76.4 Å². The van der Waals surface area contributed by atoms with Crippen LogP contribution in [0.4, 0.5) is 5.82 Å². The molecule has 9 nitrogen and oxygen atoms in total. The van der Waals surface area contributed by atoms with E-state index in [0.717, 1.165) is 21.4 Å². The molecule has 3 aromatic heterocycles. The first-order valence-electron chi connectivity index (χ1n) is 9.04. The number of hydrogen-bond acceptors (Lipinski definition) is 7. The highest BCUT2D eigenvalue weighted by molar-refractivity contribution is 9.10. The van der Waals surface area contributed by atoms with E-state index in [1.807, 2.05) is 53.1 Å². The van der Waals surface area contributed by atoms with E-state index in [1.165, 1.54) is 0 Å². The minimum absolute atomic E-state index is 0.407. The van der Waals surface area contributed by atoms with Crippen molar-refractivity contribution >= 4 is 21.7 Å². The number of hydrogen-bond donors (Lipinski definition) is 1. The molecular formula is C20H15BrN8O. The molecule has 0 aliphatic carbocycles. The molecule has 0 radical (unpaired) electrons. The molecule has 5 rings (SSSR count). The molecule has 148 valence electrons. The summed E-state index contributed by atoms with van der Waals surface area (Å²) in [5.41, 5.74) is 9.77. The van der Waals surface area contributed by atoms with Crippen molar-refractivity contribution in [1.82, 2.24) is 34.7 Å². The van der Waals surface area contributed by atoms with Gasteiger partial charge in [-0.25, -0.2) is 4.68 Å². The molecule has 0 aliphatic heterocycles. The Bertz CT molecular complexity index is 1290. The van der Waals surface area contributed by atoms with Gasteiger partial charge in [-0.05, 0) is 35.9 Å². The summed E-state index contributed by atoms with van der Waals surface area (Å²) in [6.07, 6.45) is 5.45. The zero-order valence-corrected chi connectivity index (χ0v) is 17.1. The average molecular weight is 463 g/mol. The average Bonchev–Trinajstić information content (AvgIpc) is 3.50. The van der Waals surface area contributed by atoms with Crippen molar-refractivity contribution in [2.24, 2.45) is 0 Å². The van der Waals surface area contributed by atoms with Crippen LogP contribution in [0.2, 0.25) is 0 Å². The van der Waals surface area contributed by atoms with Crippen molar-refractivity contribution in [2.45, 2.75) is 6.42 Å². The maximum Gasteiger partial charge on any atom is 0.231 e. The molecule has 0 fully saturated rings. The predicted octanol–water partition coefficient (Wildman–Crippen LogP) is 3.44. The van der Waals surface area contributed by atoms with Crippen molar-refractivity contribution in [3.8, 4) is 22.8 Å². The van der Waals surface area contributed by atoms with Gasteiger partial charge in [0, 0.05) is 10.2 Å². The van der Waals surface area contributed by atoms with E-state index < -0.39 is 0 Å². The summed E-state index contributed by atoms with van der Waals surface area (Å²) >= 11 is 3.46. The van der Waals surface area contributed by atoms with Crippen LogP contribution in [0.1, 0.15) is 11.5 Å². The summed E-state index contributed by atoms with van der Waals surface area (Å²) in [6, 6.07) is 15.7. The molecular weight excluding hydrogens is 448 g/mol. The fraction of sp³-hybridized carbons (Fsp3) is 0.0500. The van der Waals surface area contributed by atoms with Gasteiger partial charge >= 0.3 is 0 Å². The number of nitrogen functional groups attached to an aromatic ring is 1. The van der Waals surface area contributed by atoms with Gasteiger partial charge in [-0.3, -0.25) is 4.57 Å². The van der Waals surface area contributed by atoms with E-state index in [-0.39, 0.29) is 0 Å². The van der Waals surface area contributed by atoms with Crippen molar-refractivity contribution in [2.75, 3.05) is 5.73 Å². The Morgan fingerprint density at radius 3 is 2.57 bits per heavy atom. The van der Waals surface area contributed by atoms with Crippen LogP contribution in [0.5, 0.6) is 0 Å². The zero-order valence-electron chi connectivity index (χ0n) is 15.6. The summed E-state index contributed by atoms with van der Waals surface area (Å²) in [4.78, 5) is 4.49. The molecule has 5 aromatic rings. The second-order valence-electron chi connectivity index (χ2n) is 6.56. The van der Waals surface area contributed by atoms with Gasteiger partial charge < -0.3 is 10.3 Å². The Balaban J connectivity index is 1.36. The van der Waals surface area contributed by atoms with Crippen molar-refractivity contribution in [1.29, 1.82) is 0 Å². The normalized spacial score (nSPS) is 11.1. The summed E-state index contributed by atoms with van der Waals surface area (Å²) < 4.78 is 9.84. The van der Waals surface area contributed by atoms with Gasteiger partial charge in [0.05, 0.1) is 23.9 Å². The number of aromatic nitrogens is 7. The second kappa shape index (κ2) is 7.56. The summed E-state index contributed by atoms with van der Waals surface area (Å²) in [5, 5.41) is 16.1. The van der Waals surface area contributed by atoms with Crippen molar-refractivity contribution in [3.63, 3.8) is 0 Å². The predicted molar refractivity (Wildman–Crippen MR) is 113 cm³/mol. The van der Waals surface area contributed by atoms with E-state index >= 15 is 0 Å². The first kappa shape index (κ1) is 18.3. The number of anilines is 1.